The molecule has 0 saturated heterocycles. The smallest absolute Gasteiger partial charge is 0.192 e. The van der Waals surface area contributed by atoms with E-state index in [1.54, 1.807) is 7.11 Å². The molecule has 0 bridgehead atoms. The van der Waals surface area contributed by atoms with Gasteiger partial charge in [0.1, 0.15) is 12.0 Å². The monoisotopic (exact) mass is 338 g/mol. The van der Waals surface area contributed by atoms with Gasteiger partial charge in [-0.1, -0.05) is 32.9 Å². The van der Waals surface area contributed by atoms with Crippen LogP contribution in [-0.4, -0.2) is 34.4 Å². The third-order valence-electron chi connectivity index (χ3n) is 4.44. The molecule has 0 aliphatic rings. The number of benzene rings is 1. The minimum absolute atomic E-state index is 0.128. The average molecular weight is 339 g/mol. The predicted molar refractivity (Wildman–Crippen MR) is 95.4 cm³/mol. The highest BCUT2D eigenvalue weighted by Crippen LogP contribution is 2.24. The van der Waals surface area contributed by atoms with Crippen LogP contribution in [0.2, 0.25) is 18.1 Å². The van der Waals surface area contributed by atoms with Gasteiger partial charge >= 0.3 is 0 Å². The van der Waals surface area contributed by atoms with E-state index in [0.29, 0.717) is 19.6 Å². The van der Waals surface area contributed by atoms with Gasteiger partial charge in [-0.3, -0.25) is 0 Å². The number of rotatable bonds is 12. The van der Waals surface area contributed by atoms with Crippen molar-refractivity contribution in [1.29, 1.82) is 0 Å². The maximum atomic E-state index is 10.9. The van der Waals surface area contributed by atoms with Crippen molar-refractivity contribution in [2.24, 2.45) is 0 Å². The first-order valence-corrected chi connectivity index (χ1v) is 11.0. The number of aldehydes is 1. The third kappa shape index (κ3) is 6.45. The summed E-state index contributed by atoms with van der Waals surface area (Å²) in [6.07, 6.45) is 1.20. The Morgan fingerprint density at radius 3 is 2.17 bits per heavy atom. The quantitative estimate of drug-likeness (QED) is 0.423. The van der Waals surface area contributed by atoms with E-state index in [2.05, 4.69) is 20.8 Å². The molecule has 0 saturated carbocycles. The number of carbonyl (C=O) groups is 1. The highest BCUT2D eigenvalue weighted by atomic mass is 28.4. The molecule has 130 valence electrons. The molecule has 0 radical (unpaired) electrons. The van der Waals surface area contributed by atoms with Crippen molar-refractivity contribution in [3.05, 3.63) is 29.8 Å². The van der Waals surface area contributed by atoms with Gasteiger partial charge < -0.3 is 18.7 Å². The molecule has 0 N–H and O–H groups in total. The average Bonchev–Trinajstić information content (AvgIpc) is 2.60. The van der Waals surface area contributed by atoms with Crippen LogP contribution in [-0.2, 0) is 20.6 Å². The second-order valence-corrected chi connectivity index (χ2v) is 10.5. The Labute approximate surface area is 141 Å². The number of carbonyl (C=O) groups excluding carboxylic acids is 1. The summed E-state index contributed by atoms with van der Waals surface area (Å²) < 4.78 is 17.3. The number of methoxy groups -OCH3 is 1. The van der Waals surface area contributed by atoms with Gasteiger partial charge in [0.05, 0.1) is 26.4 Å². The van der Waals surface area contributed by atoms with Gasteiger partial charge in [-0.25, -0.2) is 0 Å². The fourth-order valence-corrected chi connectivity index (χ4v) is 5.51. The summed E-state index contributed by atoms with van der Waals surface area (Å²) in [6.45, 7) is 7.54. The van der Waals surface area contributed by atoms with Gasteiger partial charge in [-0.2, -0.15) is 0 Å². The van der Waals surface area contributed by atoms with Crippen LogP contribution in [0.1, 0.15) is 32.8 Å². The molecular formula is C18H30O4Si. The molecule has 1 rings (SSSR count). The summed E-state index contributed by atoms with van der Waals surface area (Å²) in [5.74, 6) is 0.834. The second kappa shape index (κ2) is 10.6. The van der Waals surface area contributed by atoms with Gasteiger partial charge in [0, 0.05) is 6.42 Å². The Morgan fingerprint density at radius 1 is 1.09 bits per heavy atom. The Bertz CT molecular complexity index is 435. The molecule has 0 unspecified atom stereocenters. The van der Waals surface area contributed by atoms with Gasteiger partial charge in [-0.05, 0) is 35.8 Å². The van der Waals surface area contributed by atoms with Crippen molar-refractivity contribution in [2.45, 2.75) is 58.0 Å². The van der Waals surface area contributed by atoms with Crippen molar-refractivity contribution >= 4 is 14.6 Å². The largest absolute Gasteiger partial charge is 0.497 e. The van der Waals surface area contributed by atoms with Gasteiger partial charge in [0.15, 0.2) is 8.32 Å². The van der Waals surface area contributed by atoms with Crippen molar-refractivity contribution < 1.29 is 18.7 Å². The zero-order valence-electron chi connectivity index (χ0n) is 14.8. The van der Waals surface area contributed by atoms with E-state index in [1.807, 2.05) is 24.3 Å². The lowest BCUT2D eigenvalue weighted by molar-refractivity contribution is -0.110. The second-order valence-electron chi connectivity index (χ2n) is 5.75. The van der Waals surface area contributed by atoms with Gasteiger partial charge in [0.2, 0.25) is 0 Å². The van der Waals surface area contributed by atoms with Crippen LogP contribution in [0.3, 0.4) is 0 Å². The summed E-state index contributed by atoms with van der Waals surface area (Å²) in [5, 5.41) is 0. The first kappa shape index (κ1) is 19.9. The molecule has 1 atom stereocenters. The molecule has 0 aromatic heterocycles. The molecule has 0 aliphatic carbocycles. The first-order chi connectivity index (χ1) is 11.1. The van der Waals surface area contributed by atoms with Gasteiger partial charge in [0.25, 0.3) is 0 Å². The van der Waals surface area contributed by atoms with Crippen LogP contribution in [0.25, 0.3) is 0 Å². The molecule has 1 aromatic carbocycles. The summed E-state index contributed by atoms with van der Waals surface area (Å²) in [4.78, 5) is 10.9. The van der Waals surface area contributed by atoms with E-state index >= 15 is 0 Å². The SMILES string of the molecule is CC[Si](CC)(CC)O[C@@H](CC=O)COCc1ccc(OC)cc1. The van der Waals surface area contributed by atoms with Crippen LogP contribution in [0.5, 0.6) is 5.75 Å². The molecule has 0 fully saturated rings. The van der Waals surface area contributed by atoms with Gasteiger partial charge in [-0.15, -0.1) is 0 Å². The zero-order chi connectivity index (χ0) is 17.1. The molecule has 1 aromatic rings. The van der Waals surface area contributed by atoms with Crippen LogP contribution < -0.4 is 4.74 Å². The minimum Gasteiger partial charge on any atom is -0.497 e. The van der Waals surface area contributed by atoms with E-state index in [0.717, 1.165) is 35.7 Å². The lowest BCUT2D eigenvalue weighted by Gasteiger charge is -2.32. The Kier molecular flexibility index (Phi) is 9.14. The summed E-state index contributed by atoms with van der Waals surface area (Å²) in [5.41, 5.74) is 1.08. The molecule has 4 nitrogen and oxygen atoms in total. The van der Waals surface area contributed by atoms with Crippen LogP contribution >= 0.6 is 0 Å². The standard InChI is InChI=1S/C18H30O4Si/c1-5-23(6-2,7-3)22-18(12-13-19)15-21-14-16-8-10-17(20-4)11-9-16/h8-11,13,18H,5-7,12,14-15H2,1-4H3/t18-/m0/s1. The van der Waals surface area contributed by atoms with Crippen LogP contribution in [0.15, 0.2) is 24.3 Å². The maximum Gasteiger partial charge on any atom is 0.192 e. The molecule has 0 spiro atoms. The Morgan fingerprint density at radius 2 is 1.70 bits per heavy atom. The Balaban J connectivity index is 2.53. The van der Waals surface area contributed by atoms with Crippen LogP contribution in [0, 0.1) is 0 Å². The molecule has 23 heavy (non-hydrogen) atoms. The van der Waals surface area contributed by atoms with E-state index < -0.39 is 8.32 Å². The first-order valence-electron chi connectivity index (χ1n) is 8.45. The molecule has 0 heterocycles. The van der Waals surface area contributed by atoms with Crippen molar-refractivity contribution in [2.75, 3.05) is 13.7 Å². The maximum absolute atomic E-state index is 10.9. The lowest BCUT2D eigenvalue weighted by atomic mass is 10.2. The number of hydrogen-bond acceptors (Lipinski definition) is 4. The minimum atomic E-state index is -1.71. The summed E-state index contributed by atoms with van der Waals surface area (Å²) in [7, 11) is -0.0638. The summed E-state index contributed by atoms with van der Waals surface area (Å²) in [6, 6.07) is 11.0. The molecule has 0 aliphatic heterocycles. The number of hydrogen-bond donors (Lipinski definition) is 0. The highest BCUT2D eigenvalue weighted by molar-refractivity contribution is 6.73. The number of ether oxygens (including phenoxy) is 2. The topological polar surface area (TPSA) is 44.8 Å². The molecular weight excluding hydrogens is 308 g/mol. The normalized spacial score (nSPS) is 12.9. The van der Waals surface area contributed by atoms with E-state index in [9.17, 15) is 4.79 Å². The molecule has 0 amide bonds. The zero-order valence-corrected chi connectivity index (χ0v) is 15.8. The van der Waals surface area contributed by atoms with E-state index in [4.69, 9.17) is 13.9 Å². The predicted octanol–water partition coefficient (Wildman–Crippen LogP) is 4.19. The van der Waals surface area contributed by atoms with Crippen molar-refractivity contribution in [1.82, 2.24) is 0 Å². The van der Waals surface area contributed by atoms with Crippen LogP contribution in [0.4, 0.5) is 0 Å². The van der Waals surface area contributed by atoms with Crippen molar-refractivity contribution in [3.8, 4) is 5.75 Å². The summed E-state index contributed by atoms with van der Waals surface area (Å²) >= 11 is 0. The fraction of sp³-hybridized carbons (Fsp3) is 0.611. The highest BCUT2D eigenvalue weighted by Gasteiger charge is 2.31. The third-order valence-corrected chi connectivity index (χ3v) is 9.14. The van der Waals surface area contributed by atoms with E-state index in [1.165, 1.54) is 0 Å². The Hall–Kier alpha value is -1.17. The molecule has 5 heteroatoms. The van der Waals surface area contributed by atoms with E-state index in [-0.39, 0.29) is 6.10 Å². The lowest BCUT2D eigenvalue weighted by Crippen LogP contribution is -2.41. The fourth-order valence-electron chi connectivity index (χ4n) is 2.64. The van der Waals surface area contributed by atoms with Crippen molar-refractivity contribution in [3.63, 3.8) is 0 Å².